The van der Waals surface area contributed by atoms with E-state index in [1.54, 1.807) is 6.07 Å². The molecule has 1 fully saturated rings. The lowest BCUT2D eigenvalue weighted by atomic mass is 10.1. The molecule has 0 N–H and O–H groups in total. The molecule has 0 aliphatic heterocycles. The second-order valence-corrected chi connectivity index (χ2v) is 5.69. The van der Waals surface area contributed by atoms with E-state index in [9.17, 15) is 0 Å². The summed E-state index contributed by atoms with van der Waals surface area (Å²) in [6.07, 6.45) is 5.49. The molecular formula is C13H14ClNS. The van der Waals surface area contributed by atoms with Gasteiger partial charge >= 0.3 is 0 Å². The third-order valence-electron chi connectivity index (χ3n) is 3.01. The Hall–Kier alpha value is -0.650. The number of rotatable bonds is 3. The average Bonchev–Trinajstić information content (AvgIpc) is 2.80. The normalized spacial score (nSPS) is 16.2. The number of hydrogen-bond donors (Lipinski definition) is 0. The van der Waals surface area contributed by atoms with Crippen molar-refractivity contribution in [3.05, 3.63) is 28.8 Å². The third kappa shape index (κ3) is 2.93. The van der Waals surface area contributed by atoms with Crippen molar-refractivity contribution in [3.8, 4) is 6.07 Å². The molecule has 0 radical (unpaired) electrons. The van der Waals surface area contributed by atoms with E-state index in [0.29, 0.717) is 10.6 Å². The van der Waals surface area contributed by atoms with Crippen molar-refractivity contribution in [3.63, 3.8) is 0 Å². The van der Waals surface area contributed by atoms with Crippen molar-refractivity contribution in [2.75, 3.05) is 5.75 Å². The van der Waals surface area contributed by atoms with Gasteiger partial charge < -0.3 is 0 Å². The van der Waals surface area contributed by atoms with Crippen LogP contribution < -0.4 is 0 Å². The summed E-state index contributed by atoms with van der Waals surface area (Å²) >= 11 is 7.94. The molecule has 1 nitrogen and oxygen atoms in total. The molecule has 16 heavy (non-hydrogen) atoms. The highest BCUT2D eigenvalue weighted by atomic mass is 35.5. The first-order valence-electron chi connectivity index (χ1n) is 5.62. The maximum atomic E-state index is 8.74. The number of nitriles is 1. The van der Waals surface area contributed by atoms with Crippen LogP contribution in [0.15, 0.2) is 23.1 Å². The molecule has 1 aliphatic rings. The van der Waals surface area contributed by atoms with Gasteiger partial charge in [-0.3, -0.25) is 0 Å². The van der Waals surface area contributed by atoms with Crippen LogP contribution in [0.2, 0.25) is 5.02 Å². The number of benzene rings is 1. The monoisotopic (exact) mass is 251 g/mol. The van der Waals surface area contributed by atoms with Gasteiger partial charge in [-0.05, 0) is 37.0 Å². The first-order valence-corrected chi connectivity index (χ1v) is 6.98. The van der Waals surface area contributed by atoms with Crippen LogP contribution in [0.5, 0.6) is 0 Å². The van der Waals surface area contributed by atoms with Gasteiger partial charge in [-0.15, -0.1) is 11.8 Å². The standard InChI is InChI=1S/C13H14ClNS/c14-12-7-11(8-15)5-6-13(12)16-9-10-3-1-2-4-10/h5-7,10H,1-4,9H2. The van der Waals surface area contributed by atoms with E-state index in [-0.39, 0.29) is 0 Å². The summed E-state index contributed by atoms with van der Waals surface area (Å²) in [5, 5.41) is 9.45. The maximum Gasteiger partial charge on any atom is 0.0992 e. The molecule has 1 aromatic rings. The van der Waals surface area contributed by atoms with Crippen LogP contribution in [0.25, 0.3) is 0 Å². The molecular weight excluding hydrogens is 238 g/mol. The van der Waals surface area contributed by atoms with Gasteiger partial charge in [0.1, 0.15) is 0 Å². The molecule has 1 aromatic carbocycles. The zero-order chi connectivity index (χ0) is 11.4. The minimum atomic E-state index is 0.634. The van der Waals surface area contributed by atoms with Crippen LogP contribution in [-0.4, -0.2) is 5.75 Å². The highest BCUT2D eigenvalue weighted by Gasteiger charge is 2.15. The predicted octanol–water partition coefficient (Wildman–Crippen LogP) is 4.49. The Kier molecular flexibility index (Phi) is 4.15. The highest BCUT2D eigenvalue weighted by Crippen LogP contribution is 2.34. The Bertz CT molecular complexity index is 405. The average molecular weight is 252 g/mol. The molecule has 0 saturated heterocycles. The van der Waals surface area contributed by atoms with Gasteiger partial charge in [-0.2, -0.15) is 5.26 Å². The minimum absolute atomic E-state index is 0.634. The quantitative estimate of drug-likeness (QED) is 0.739. The Labute approximate surface area is 106 Å². The predicted molar refractivity (Wildman–Crippen MR) is 68.8 cm³/mol. The molecule has 0 aromatic heterocycles. The van der Waals surface area contributed by atoms with Gasteiger partial charge in [-0.25, -0.2) is 0 Å². The van der Waals surface area contributed by atoms with E-state index in [4.69, 9.17) is 16.9 Å². The van der Waals surface area contributed by atoms with Crippen molar-refractivity contribution in [2.45, 2.75) is 30.6 Å². The summed E-state index contributed by atoms with van der Waals surface area (Å²) in [5.74, 6) is 2.02. The molecule has 0 bridgehead atoms. The summed E-state index contributed by atoms with van der Waals surface area (Å²) in [4.78, 5) is 1.10. The van der Waals surface area contributed by atoms with E-state index in [0.717, 1.165) is 16.6 Å². The second-order valence-electron chi connectivity index (χ2n) is 4.22. The number of halogens is 1. The Balaban J connectivity index is 1.96. The molecule has 0 spiro atoms. The zero-order valence-corrected chi connectivity index (χ0v) is 10.7. The van der Waals surface area contributed by atoms with E-state index >= 15 is 0 Å². The summed E-state index contributed by atoms with van der Waals surface area (Å²) in [5.41, 5.74) is 0.634. The fourth-order valence-corrected chi connectivity index (χ4v) is 3.53. The molecule has 1 aliphatic carbocycles. The van der Waals surface area contributed by atoms with Crippen LogP contribution in [0, 0.1) is 17.2 Å². The van der Waals surface area contributed by atoms with Gasteiger partial charge in [0, 0.05) is 10.6 Å². The zero-order valence-electron chi connectivity index (χ0n) is 9.08. The molecule has 3 heteroatoms. The molecule has 0 unspecified atom stereocenters. The van der Waals surface area contributed by atoms with Gasteiger partial charge in [0.25, 0.3) is 0 Å². The summed E-state index contributed by atoms with van der Waals surface area (Å²) in [6.45, 7) is 0. The summed E-state index contributed by atoms with van der Waals surface area (Å²) in [6, 6.07) is 7.64. The number of nitrogens with zero attached hydrogens (tertiary/aromatic N) is 1. The minimum Gasteiger partial charge on any atom is -0.192 e. The van der Waals surface area contributed by atoms with Crippen LogP contribution in [-0.2, 0) is 0 Å². The Morgan fingerprint density at radius 1 is 1.38 bits per heavy atom. The first-order chi connectivity index (χ1) is 7.79. The van der Waals surface area contributed by atoms with Crippen LogP contribution in [0.3, 0.4) is 0 Å². The number of thioether (sulfide) groups is 1. The molecule has 1 saturated carbocycles. The maximum absolute atomic E-state index is 8.74. The van der Waals surface area contributed by atoms with E-state index < -0.39 is 0 Å². The first kappa shape index (κ1) is 11.8. The number of hydrogen-bond acceptors (Lipinski definition) is 2. The second kappa shape index (κ2) is 5.61. The lowest BCUT2D eigenvalue weighted by Gasteiger charge is -2.09. The third-order valence-corrected chi connectivity index (χ3v) is 4.74. The molecule has 0 amide bonds. The van der Waals surface area contributed by atoms with Crippen molar-refractivity contribution < 1.29 is 0 Å². The highest BCUT2D eigenvalue weighted by molar-refractivity contribution is 7.99. The van der Waals surface area contributed by atoms with Crippen molar-refractivity contribution in [1.82, 2.24) is 0 Å². The molecule has 2 rings (SSSR count). The Morgan fingerprint density at radius 2 is 2.12 bits per heavy atom. The van der Waals surface area contributed by atoms with Gasteiger partial charge in [-0.1, -0.05) is 24.4 Å². The lowest BCUT2D eigenvalue weighted by Crippen LogP contribution is -1.96. The largest absolute Gasteiger partial charge is 0.192 e. The van der Waals surface area contributed by atoms with E-state index in [2.05, 4.69) is 6.07 Å². The van der Waals surface area contributed by atoms with Gasteiger partial charge in [0.2, 0.25) is 0 Å². The van der Waals surface area contributed by atoms with Crippen LogP contribution in [0.1, 0.15) is 31.2 Å². The van der Waals surface area contributed by atoms with Crippen LogP contribution >= 0.6 is 23.4 Å². The topological polar surface area (TPSA) is 23.8 Å². The van der Waals surface area contributed by atoms with Crippen LogP contribution in [0.4, 0.5) is 0 Å². The fraction of sp³-hybridized carbons (Fsp3) is 0.462. The smallest absolute Gasteiger partial charge is 0.0992 e. The molecule has 0 heterocycles. The summed E-state index contributed by atoms with van der Waals surface area (Å²) < 4.78 is 0. The van der Waals surface area contributed by atoms with Gasteiger partial charge in [0.15, 0.2) is 0 Å². The van der Waals surface area contributed by atoms with Crippen molar-refractivity contribution in [2.24, 2.45) is 5.92 Å². The molecule has 84 valence electrons. The lowest BCUT2D eigenvalue weighted by molar-refractivity contribution is 0.623. The van der Waals surface area contributed by atoms with E-state index in [1.807, 2.05) is 23.9 Å². The summed E-state index contributed by atoms with van der Waals surface area (Å²) in [7, 11) is 0. The Morgan fingerprint density at radius 3 is 2.75 bits per heavy atom. The molecule has 0 atom stereocenters. The van der Waals surface area contributed by atoms with E-state index in [1.165, 1.54) is 25.7 Å². The SMILES string of the molecule is N#Cc1ccc(SCC2CCCC2)c(Cl)c1. The fourth-order valence-electron chi connectivity index (χ4n) is 2.07. The van der Waals surface area contributed by atoms with Gasteiger partial charge in [0.05, 0.1) is 16.7 Å². The van der Waals surface area contributed by atoms with Crippen molar-refractivity contribution >= 4 is 23.4 Å². The van der Waals surface area contributed by atoms with Crippen molar-refractivity contribution in [1.29, 1.82) is 5.26 Å².